The van der Waals surface area contributed by atoms with E-state index in [0.29, 0.717) is 0 Å². The molecule has 0 aromatic carbocycles. The molecule has 1 unspecified atom stereocenters. The largest absolute Gasteiger partial charge is 0.329 e. The molecule has 110 valence electrons. The van der Waals surface area contributed by atoms with Gasteiger partial charge in [0.05, 0.1) is 0 Å². The summed E-state index contributed by atoms with van der Waals surface area (Å²) in [6.45, 7) is 7.40. The highest BCUT2D eigenvalue weighted by molar-refractivity contribution is 5.12. The lowest BCUT2D eigenvalue weighted by Gasteiger charge is -2.40. The van der Waals surface area contributed by atoms with E-state index in [4.69, 9.17) is 5.73 Å². The Morgan fingerprint density at radius 3 is 2.75 bits per heavy atom. The molecule has 1 saturated heterocycles. The molecule has 2 heterocycles. The molecule has 1 aromatic heterocycles. The maximum atomic E-state index is 6.20. The van der Waals surface area contributed by atoms with Crippen LogP contribution < -0.4 is 5.73 Å². The van der Waals surface area contributed by atoms with Crippen molar-refractivity contribution in [3.63, 3.8) is 0 Å². The number of pyridine rings is 1. The Hall–Kier alpha value is -0.970. The molecule has 1 aliphatic heterocycles. The first-order chi connectivity index (χ1) is 9.77. The minimum absolute atomic E-state index is 0.167. The first kappa shape index (κ1) is 14.0. The molecule has 4 heteroatoms. The van der Waals surface area contributed by atoms with Crippen molar-refractivity contribution in [2.24, 2.45) is 5.73 Å². The van der Waals surface area contributed by atoms with Crippen molar-refractivity contribution in [3.8, 4) is 0 Å². The molecular formula is C16H26N4. The van der Waals surface area contributed by atoms with Gasteiger partial charge in [-0.25, -0.2) is 0 Å². The van der Waals surface area contributed by atoms with E-state index in [2.05, 4.69) is 33.8 Å². The summed E-state index contributed by atoms with van der Waals surface area (Å²) in [6, 6.07) is 5.07. The van der Waals surface area contributed by atoms with Crippen LogP contribution in [0.25, 0.3) is 0 Å². The SMILES string of the molecule is CCN(Cc1ccncc1)C1(CN)CCN(C2CC2)C1. The predicted octanol–water partition coefficient (Wildman–Crippen LogP) is 1.47. The fourth-order valence-corrected chi connectivity index (χ4v) is 3.52. The Kier molecular flexibility index (Phi) is 4.06. The maximum absolute atomic E-state index is 6.20. The summed E-state index contributed by atoms with van der Waals surface area (Å²) in [5, 5.41) is 0. The molecule has 0 bridgehead atoms. The zero-order chi connectivity index (χ0) is 14.0. The van der Waals surface area contributed by atoms with Crippen LogP contribution in [0.4, 0.5) is 0 Å². The third kappa shape index (κ3) is 2.73. The van der Waals surface area contributed by atoms with Gasteiger partial charge in [-0.3, -0.25) is 14.8 Å². The molecule has 1 aliphatic carbocycles. The van der Waals surface area contributed by atoms with Crippen LogP contribution in [0.2, 0.25) is 0 Å². The van der Waals surface area contributed by atoms with E-state index in [1.54, 1.807) is 0 Å². The van der Waals surface area contributed by atoms with E-state index >= 15 is 0 Å². The van der Waals surface area contributed by atoms with Crippen molar-refractivity contribution in [3.05, 3.63) is 30.1 Å². The summed E-state index contributed by atoms with van der Waals surface area (Å²) < 4.78 is 0. The van der Waals surface area contributed by atoms with E-state index in [9.17, 15) is 0 Å². The second-order valence-corrected chi connectivity index (χ2v) is 6.25. The highest BCUT2D eigenvalue weighted by atomic mass is 15.3. The lowest BCUT2D eigenvalue weighted by Crippen LogP contribution is -2.55. The quantitative estimate of drug-likeness (QED) is 0.853. The van der Waals surface area contributed by atoms with E-state index in [1.807, 2.05) is 12.4 Å². The summed E-state index contributed by atoms with van der Waals surface area (Å²) in [5.74, 6) is 0. The second kappa shape index (κ2) is 5.80. The molecule has 1 saturated carbocycles. The zero-order valence-corrected chi connectivity index (χ0v) is 12.5. The molecule has 0 spiro atoms. The summed E-state index contributed by atoms with van der Waals surface area (Å²) in [7, 11) is 0. The molecular weight excluding hydrogens is 248 g/mol. The van der Waals surface area contributed by atoms with Crippen molar-refractivity contribution < 1.29 is 0 Å². The van der Waals surface area contributed by atoms with Crippen molar-refractivity contribution in [1.82, 2.24) is 14.8 Å². The standard InChI is InChI=1S/C16H26N4/c1-2-20(11-14-5-8-18-9-6-14)16(12-17)7-10-19(13-16)15-3-4-15/h5-6,8-9,15H,2-4,7,10-13,17H2,1H3. The van der Waals surface area contributed by atoms with Gasteiger partial charge in [-0.2, -0.15) is 0 Å². The highest BCUT2D eigenvalue weighted by Crippen LogP contribution is 2.36. The van der Waals surface area contributed by atoms with Gasteiger partial charge in [0, 0.05) is 50.2 Å². The predicted molar refractivity (Wildman–Crippen MR) is 81.3 cm³/mol. The minimum Gasteiger partial charge on any atom is -0.329 e. The fourth-order valence-electron chi connectivity index (χ4n) is 3.52. The summed E-state index contributed by atoms with van der Waals surface area (Å²) in [4.78, 5) is 9.33. The monoisotopic (exact) mass is 274 g/mol. The summed E-state index contributed by atoms with van der Waals surface area (Å²) in [6.07, 6.45) is 7.74. The fraction of sp³-hybridized carbons (Fsp3) is 0.688. The van der Waals surface area contributed by atoms with Gasteiger partial charge in [0.2, 0.25) is 0 Å². The third-order valence-corrected chi connectivity index (χ3v) is 4.98. The Labute approximate surface area is 122 Å². The van der Waals surface area contributed by atoms with Crippen LogP contribution in [0.3, 0.4) is 0 Å². The van der Waals surface area contributed by atoms with Crippen LogP contribution in [0.15, 0.2) is 24.5 Å². The second-order valence-electron chi connectivity index (χ2n) is 6.25. The molecule has 1 aromatic rings. The first-order valence-corrected chi connectivity index (χ1v) is 7.85. The van der Waals surface area contributed by atoms with Gasteiger partial charge in [0.25, 0.3) is 0 Å². The summed E-state index contributed by atoms with van der Waals surface area (Å²) in [5.41, 5.74) is 7.70. The first-order valence-electron chi connectivity index (χ1n) is 7.85. The molecule has 20 heavy (non-hydrogen) atoms. The van der Waals surface area contributed by atoms with Crippen molar-refractivity contribution >= 4 is 0 Å². The molecule has 2 N–H and O–H groups in total. The van der Waals surface area contributed by atoms with Gasteiger partial charge < -0.3 is 5.73 Å². The van der Waals surface area contributed by atoms with Crippen LogP contribution in [0, 0.1) is 0 Å². The normalized spacial score (nSPS) is 27.4. The number of likely N-dealkylation sites (tertiary alicyclic amines) is 1. The molecule has 3 rings (SSSR count). The Morgan fingerprint density at radius 2 is 2.15 bits per heavy atom. The molecule has 2 aliphatic rings. The number of aromatic nitrogens is 1. The lowest BCUT2D eigenvalue weighted by atomic mass is 9.95. The van der Waals surface area contributed by atoms with Gasteiger partial charge in [-0.05, 0) is 43.5 Å². The molecule has 0 amide bonds. The van der Waals surface area contributed by atoms with Crippen LogP contribution in [0.5, 0.6) is 0 Å². The van der Waals surface area contributed by atoms with E-state index in [1.165, 1.54) is 31.4 Å². The molecule has 2 fully saturated rings. The Bertz CT molecular complexity index is 431. The van der Waals surface area contributed by atoms with E-state index < -0.39 is 0 Å². The molecule has 1 atom stereocenters. The summed E-state index contributed by atoms with van der Waals surface area (Å²) >= 11 is 0. The van der Waals surface area contributed by atoms with Gasteiger partial charge in [0.15, 0.2) is 0 Å². The van der Waals surface area contributed by atoms with Crippen LogP contribution in [-0.2, 0) is 6.54 Å². The van der Waals surface area contributed by atoms with E-state index in [-0.39, 0.29) is 5.54 Å². The number of hydrogen-bond acceptors (Lipinski definition) is 4. The number of hydrogen-bond donors (Lipinski definition) is 1. The molecule has 4 nitrogen and oxygen atoms in total. The van der Waals surface area contributed by atoms with Gasteiger partial charge in [0.1, 0.15) is 0 Å². The Morgan fingerprint density at radius 1 is 1.40 bits per heavy atom. The maximum Gasteiger partial charge on any atom is 0.0474 e. The third-order valence-electron chi connectivity index (χ3n) is 4.98. The van der Waals surface area contributed by atoms with Crippen LogP contribution in [0.1, 0.15) is 31.7 Å². The topological polar surface area (TPSA) is 45.4 Å². The number of rotatable bonds is 6. The lowest BCUT2D eigenvalue weighted by molar-refractivity contribution is 0.0954. The average molecular weight is 274 g/mol. The minimum atomic E-state index is 0.167. The smallest absolute Gasteiger partial charge is 0.0474 e. The van der Waals surface area contributed by atoms with Gasteiger partial charge in [-0.1, -0.05) is 6.92 Å². The average Bonchev–Trinajstić information content (AvgIpc) is 3.26. The Balaban J connectivity index is 1.72. The number of likely N-dealkylation sites (N-methyl/N-ethyl adjacent to an activating group) is 1. The highest BCUT2D eigenvalue weighted by Gasteiger charge is 2.45. The van der Waals surface area contributed by atoms with Crippen LogP contribution >= 0.6 is 0 Å². The number of nitrogens with zero attached hydrogens (tertiary/aromatic N) is 3. The number of nitrogens with two attached hydrogens (primary N) is 1. The van der Waals surface area contributed by atoms with Gasteiger partial charge >= 0.3 is 0 Å². The van der Waals surface area contributed by atoms with Crippen LogP contribution in [-0.4, -0.2) is 52.5 Å². The van der Waals surface area contributed by atoms with E-state index in [0.717, 1.165) is 32.2 Å². The van der Waals surface area contributed by atoms with Gasteiger partial charge in [-0.15, -0.1) is 0 Å². The zero-order valence-electron chi connectivity index (χ0n) is 12.5. The van der Waals surface area contributed by atoms with Crippen molar-refractivity contribution in [2.45, 2.75) is 44.3 Å². The van der Waals surface area contributed by atoms with Crippen molar-refractivity contribution in [1.29, 1.82) is 0 Å². The van der Waals surface area contributed by atoms with Crippen molar-refractivity contribution in [2.75, 3.05) is 26.2 Å². The molecule has 0 radical (unpaired) electrons.